The molecule has 0 saturated carbocycles. The number of carbonyl (C=O) groups is 1. The molecule has 0 atom stereocenters. The predicted molar refractivity (Wildman–Crippen MR) is 116 cm³/mol. The van der Waals surface area contributed by atoms with Gasteiger partial charge in [0.1, 0.15) is 12.4 Å². The highest BCUT2D eigenvalue weighted by Gasteiger charge is 2.12. The molecule has 6 heteroatoms. The fourth-order valence-corrected chi connectivity index (χ4v) is 3.29. The second-order valence-electron chi connectivity index (χ2n) is 6.97. The van der Waals surface area contributed by atoms with Gasteiger partial charge < -0.3 is 14.8 Å². The minimum absolute atomic E-state index is 0.147. The molecule has 4 rings (SSSR count). The molecule has 0 bridgehead atoms. The van der Waals surface area contributed by atoms with E-state index < -0.39 is 0 Å². The summed E-state index contributed by atoms with van der Waals surface area (Å²) in [5.74, 6) is 1.32. The molecule has 6 nitrogen and oxygen atoms in total. The number of aryl methyl sites for hydroxylation is 1. The van der Waals surface area contributed by atoms with Crippen LogP contribution in [0.3, 0.4) is 0 Å². The lowest BCUT2D eigenvalue weighted by Crippen LogP contribution is -2.22. The number of methoxy groups -OCH3 is 1. The number of benzene rings is 3. The fraction of sp³-hybridized carbons (Fsp3) is 0.167. The number of nitrogens with zero attached hydrogens (tertiary/aromatic N) is 2. The van der Waals surface area contributed by atoms with Crippen LogP contribution in [0.1, 0.15) is 21.5 Å². The standard InChI is InChI=1S/C24H23N3O3/c1-27-24(29-2)21-13-10-19(14-22(21)26-27)23(28)25-15-17-8-11-20(12-9-17)30-16-18-6-4-3-5-7-18/h3-14H,15-16H2,1-2H3,(H,25,28). The molecule has 0 saturated heterocycles. The monoisotopic (exact) mass is 401 g/mol. The Bertz CT molecular complexity index is 1150. The maximum Gasteiger partial charge on any atom is 0.251 e. The summed E-state index contributed by atoms with van der Waals surface area (Å²) < 4.78 is 12.8. The van der Waals surface area contributed by atoms with E-state index in [1.165, 1.54) is 0 Å². The van der Waals surface area contributed by atoms with E-state index in [-0.39, 0.29) is 5.91 Å². The fourth-order valence-electron chi connectivity index (χ4n) is 3.29. The van der Waals surface area contributed by atoms with Crippen molar-refractivity contribution in [2.24, 2.45) is 7.05 Å². The number of carbonyl (C=O) groups excluding carboxylic acids is 1. The summed E-state index contributed by atoms with van der Waals surface area (Å²) in [6.45, 7) is 0.957. The van der Waals surface area contributed by atoms with Gasteiger partial charge in [-0.15, -0.1) is 0 Å². The summed E-state index contributed by atoms with van der Waals surface area (Å²) in [7, 11) is 3.42. The van der Waals surface area contributed by atoms with Crippen LogP contribution in [0.25, 0.3) is 10.9 Å². The lowest BCUT2D eigenvalue weighted by atomic mass is 10.1. The molecule has 152 valence electrons. The minimum atomic E-state index is -0.147. The molecule has 0 aliphatic carbocycles. The molecule has 0 fully saturated rings. The molecule has 0 unspecified atom stereocenters. The zero-order valence-electron chi connectivity index (χ0n) is 17.0. The Kier molecular flexibility index (Phi) is 5.66. The number of aromatic nitrogens is 2. The van der Waals surface area contributed by atoms with Gasteiger partial charge in [-0.2, -0.15) is 5.10 Å². The SMILES string of the molecule is COc1c2ccc(C(=O)NCc3ccc(OCc4ccccc4)cc3)cc2nn1C. The summed E-state index contributed by atoms with van der Waals surface area (Å²) in [5, 5.41) is 8.22. The summed E-state index contributed by atoms with van der Waals surface area (Å²) in [4.78, 5) is 12.5. The third-order valence-electron chi connectivity index (χ3n) is 4.86. The first-order valence-corrected chi connectivity index (χ1v) is 9.68. The van der Waals surface area contributed by atoms with Crippen LogP contribution >= 0.6 is 0 Å². The van der Waals surface area contributed by atoms with Gasteiger partial charge in [0.25, 0.3) is 5.91 Å². The topological polar surface area (TPSA) is 65.4 Å². The number of rotatable bonds is 7. The van der Waals surface area contributed by atoms with Gasteiger partial charge in [-0.25, -0.2) is 4.68 Å². The van der Waals surface area contributed by atoms with Crippen molar-refractivity contribution in [3.8, 4) is 11.6 Å². The minimum Gasteiger partial charge on any atom is -0.489 e. The quantitative estimate of drug-likeness (QED) is 0.507. The van der Waals surface area contributed by atoms with Gasteiger partial charge in [0.2, 0.25) is 5.88 Å². The molecule has 1 aromatic heterocycles. The van der Waals surface area contributed by atoms with E-state index >= 15 is 0 Å². The average Bonchev–Trinajstić information content (AvgIpc) is 3.11. The van der Waals surface area contributed by atoms with Crippen molar-refractivity contribution in [3.05, 3.63) is 89.5 Å². The lowest BCUT2D eigenvalue weighted by Gasteiger charge is -2.08. The first-order chi connectivity index (χ1) is 14.6. The highest BCUT2D eigenvalue weighted by molar-refractivity contribution is 5.98. The van der Waals surface area contributed by atoms with Crippen molar-refractivity contribution >= 4 is 16.8 Å². The number of hydrogen-bond donors (Lipinski definition) is 1. The van der Waals surface area contributed by atoms with Crippen molar-refractivity contribution in [3.63, 3.8) is 0 Å². The van der Waals surface area contributed by atoms with Crippen LogP contribution in [0.5, 0.6) is 11.6 Å². The van der Waals surface area contributed by atoms with Gasteiger partial charge >= 0.3 is 0 Å². The van der Waals surface area contributed by atoms with Crippen LogP contribution in [0.2, 0.25) is 0 Å². The highest BCUT2D eigenvalue weighted by atomic mass is 16.5. The predicted octanol–water partition coefficient (Wildman–Crippen LogP) is 4.09. The van der Waals surface area contributed by atoms with E-state index in [2.05, 4.69) is 10.4 Å². The van der Waals surface area contributed by atoms with Crippen LogP contribution < -0.4 is 14.8 Å². The van der Waals surface area contributed by atoms with Crippen LogP contribution in [-0.4, -0.2) is 22.8 Å². The largest absolute Gasteiger partial charge is 0.489 e. The Morgan fingerprint density at radius 2 is 1.77 bits per heavy atom. The summed E-state index contributed by atoms with van der Waals surface area (Å²) in [6, 6.07) is 23.2. The van der Waals surface area contributed by atoms with E-state index in [9.17, 15) is 4.79 Å². The maximum absolute atomic E-state index is 12.5. The van der Waals surface area contributed by atoms with Gasteiger partial charge in [-0.05, 0) is 41.5 Å². The first-order valence-electron chi connectivity index (χ1n) is 9.68. The Labute approximate surface area is 175 Å². The zero-order chi connectivity index (χ0) is 20.9. The molecular weight excluding hydrogens is 378 g/mol. The Morgan fingerprint density at radius 3 is 2.50 bits per heavy atom. The van der Waals surface area contributed by atoms with E-state index in [0.29, 0.717) is 24.6 Å². The number of amides is 1. The van der Waals surface area contributed by atoms with Crippen molar-refractivity contribution in [1.82, 2.24) is 15.1 Å². The van der Waals surface area contributed by atoms with E-state index in [4.69, 9.17) is 9.47 Å². The van der Waals surface area contributed by atoms with Crippen LogP contribution in [-0.2, 0) is 20.2 Å². The lowest BCUT2D eigenvalue weighted by molar-refractivity contribution is 0.0951. The van der Waals surface area contributed by atoms with Crippen LogP contribution in [0.4, 0.5) is 0 Å². The summed E-state index contributed by atoms with van der Waals surface area (Å²) >= 11 is 0. The number of nitrogens with one attached hydrogen (secondary N) is 1. The van der Waals surface area contributed by atoms with Crippen LogP contribution in [0, 0.1) is 0 Å². The van der Waals surface area contributed by atoms with Crippen molar-refractivity contribution in [2.75, 3.05) is 7.11 Å². The Hall–Kier alpha value is -3.80. The van der Waals surface area contributed by atoms with E-state index in [0.717, 1.165) is 27.8 Å². The van der Waals surface area contributed by atoms with Gasteiger partial charge in [0, 0.05) is 19.2 Å². The number of ether oxygens (including phenoxy) is 2. The molecule has 3 aromatic carbocycles. The van der Waals surface area contributed by atoms with E-state index in [1.807, 2.05) is 67.7 Å². The van der Waals surface area contributed by atoms with Crippen molar-refractivity contribution < 1.29 is 14.3 Å². The second kappa shape index (κ2) is 8.69. The number of hydrogen-bond acceptors (Lipinski definition) is 4. The Balaban J connectivity index is 1.35. The molecule has 1 amide bonds. The molecule has 30 heavy (non-hydrogen) atoms. The summed E-state index contributed by atoms with van der Waals surface area (Å²) in [6.07, 6.45) is 0. The number of fused-ring (bicyclic) bond motifs is 1. The third-order valence-corrected chi connectivity index (χ3v) is 4.86. The normalized spacial score (nSPS) is 10.7. The third kappa shape index (κ3) is 4.27. The summed E-state index contributed by atoms with van der Waals surface area (Å²) in [5.41, 5.74) is 3.40. The van der Waals surface area contributed by atoms with Gasteiger partial charge in [0.15, 0.2) is 0 Å². The van der Waals surface area contributed by atoms with Crippen molar-refractivity contribution in [2.45, 2.75) is 13.2 Å². The van der Waals surface area contributed by atoms with Gasteiger partial charge in [0.05, 0.1) is 18.0 Å². The highest BCUT2D eigenvalue weighted by Crippen LogP contribution is 2.25. The average molecular weight is 401 g/mol. The molecular formula is C24H23N3O3. The van der Waals surface area contributed by atoms with Crippen molar-refractivity contribution in [1.29, 1.82) is 0 Å². The molecule has 0 aliphatic heterocycles. The van der Waals surface area contributed by atoms with E-state index in [1.54, 1.807) is 23.9 Å². The second-order valence-corrected chi connectivity index (χ2v) is 6.97. The molecule has 0 aliphatic rings. The smallest absolute Gasteiger partial charge is 0.251 e. The molecule has 0 spiro atoms. The molecule has 4 aromatic rings. The Morgan fingerprint density at radius 1 is 1.00 bits per heavy atom. The van der Waals surface area contributed by atoms with Gasteiger partial charge in [-0.3, -0.25) is 4.79 Å². The zero-order valence-corrected chi connectivity index (χ0v) is 17.0. The first kappa shape index (κ1) is 19.5. The maximum atomic E-state index is 12.5. The molecule has 0 radical (unpaired) electrons. The van der Waals surface area contributed by atoms with Crippen LogP contribution in [0.15, 0.2) is 72.8 Å². The van der Waals surface area contributed by atoms with Gasteiger partial charge in [-0.1, -0.05) is 42.5 Å². The molecule has 1 heterocycles. The molecule has 1 N–H and O–H groups in total.